The summed E-state index contributed by atoms with van der Waals surface area (Å²) in [6.07, 6.45) is 0. The topological polar surface area (TPSA) is 42.2 Å². The SMILES string of the molecule is O=C(Nc1ccc2ccccc2c1)c1cc2ccccc2o1. The Labute approximate surface area is 127 Å². The normalized spacial score (nSPS) is 10.9. The van der Waals surface area contributed by atoms with Crippen LogP contribution in [0.3, 0.4) is 0 Å². The number of hydrogen-bond acceptors (Lipinski definition) is 2. The van der Waals surface area contributed by atoms with Crippen LogP contribution >= 0.6 is 0 Å². The van der Waals surface area contributed by atoms with E-state index >= 15 is 0 Å². The highest BCUT2D eigenvalue weighted by molar-refractivity contribution is 6.05. The number of amides is 1. The van der Waals surface area contributed by atoms with Gasteiger partial charge in [-0.3, -0.25) is 4.79 Å². The van der Waals surface area contributed by atoms with Crippen molar-refractivity contribution in [1.29, 1.82) is 0 Å². The molecule has 0 radical (unpaired) electrons. The molecule has 0 aliphatic heterocycles. The molecule has 4 rings (SSSR count). The molecule has 106 valence electrons. The van der Waals surface area contributed by atoms with E-state index < -0.39 is 0 Å². The Morgan fingerprint density at radius 1 is 0.773 bits per heavy atom. The van der Waals surface area contributed by atoms with Crippen LogP contribution in [0.5, 0.6) is 0 Å². The minimum atomic E-state index is -0.244. The summed E-state index contributed by atoms with van der Waals surface area (Å²) in [6.45, 7) is 0. The summed E-state index contributed by atoms with van der Waals surface area (Å²) in [5.41, 5.74) is 1.47. The number of hydrogen-bond donors (Lipinski definition) is 1. The highest BCUT2D eigenvalue weighted by Crippen LogP contribution is 2.22. The minimum Gasteiger partial charge on any atom is -0.451 e. The second-order valence-electron chi connectivity index (χ2n) is 5.16. The highest BCUT2D eigenvalue weighted by atomic mass is 16.3. The fraction of sp³-hybridized carbons (Fsp3) is 0. The number of furan rings is 1. The zero-order chi connectivity index (χ0) is 14.9. The molecular formula is C19H13NO2. The lowest BCUT2D eigenvalue weighted by Gasteiger charge is -2.04. The van der Waals surface area contributed by atoms with E-state index in [1.807, 2.05) is 66.7 Å². The average Bonchev–Trinajstić information content (AvgIpc) is 2.99. The molecule has 1 amide bonds. The first-order chi connectivity index (χ1) is 10.8. The predicted molar refractivity (Wildman–Crippen MR) is 88.1 cm³/mol. The number of rotatable bonds is 2. The molecule has 0 aliphatic carbocycles. The van der Waals surface area contributed by atoms with Crippen molar-refractivity contribution in [3.63, 3.8) is 0 Å². The van der Waals surface area contributed by atoms with Crippen molar-refractivity contribution in [3.8, 4) is 0 Å². The van der Waals surface area contributed by atoms with Gasteiger partial charge in [0.25, 0.3) is 5.91 Å². The number of fused-ring (bicyclic) bond motifs is 2. The van der Waals surface area contributed by atoms with Gasteiger partial charge in [0.05, 0.1) is 0 Å². The molecule has 0 saturated carbocycles. The quantitative estimate of drug-likeness (QED) is 0.573. The van der Waals surface area contributed by atoms with Crippen LogP contribution in [0.25, 0.3) is 21.7 Å². The van der Waals surface area contributed by atoms with Crippen LogP contribution in [0.1, 0.15) is 10.6 Å². The second-order valence-corrected chi connectivity index (χ2v) is 5.16. The van der Waals surface area contributed by atoms with E-state index in [9.17, 15) is 4.79 Å². The monoisotopic (exact) mass is 287 g/mol. The second kappa shape index (κ2) is 5.04. The number of anilines is 1. The average molecular weight is 287 g/mol. The van der Waals surface area contributed by atoms with Gasteiger partial charge in [-0.05, 0) is 35.0 Å². The molecule has 0 saturated heterocycles. The molecule has 22 heavy (non-hydrogen) atoms. The van der Waals surface area contributed by atoms with Gasteiger partial charge in [0, 0.05) is 11.1 Å². The lowest BCUT2D eigenvalue weighted by atomic mass is 10.1. The number of benzene rings is 3. The fourth-order valence-electron chi connectivity index (χ4n) is 2.55. The summed E-state index contributed by atoms with van der Waals surface area (Å²) in [7, 11) is 0. The van der Waals surface area contributed by atoms with E-state index in [0.29, 0.717) is 11.3 Å². The van der Waals surface area contributed by atoms with Crippen molar-refractivity contribution in [2.24, 2.45) is 0 Å². The van der Waals surface area contributed by atoms with Crippen LogP contribution in [0, 0.1) is 0 Å². The van der Waals surface area contributed by atoms with E-state index in [1.165, 1.54) is 0 Å². The number of nitrogens with one attached hydrogen (secondary N) is 1. The minimum absolute atomic E-state index is 0.244. The maximum Gasteiger partial charge on any atom is 0.291 e. The molecule has 0 fully saturated rings. The van der Waals surface area contributed by atoms with Gasteiger partial charge < -0.3 is 9.73 Å². The van der Waals surface area contributed by atoms with Gasteiger partial charge in [0.15, 0.2) is 5.76 Å². The zero-order valence-electron chi connectivity index (χ0n) is 11.7. The molecule has 0 aliphatic rings. The maximum atomic E-state index is 12.3. The molecule has 0 spiro atoms. The van der Waals surface area contributed by atoms with Crippen molar-refractivity contribution in [2.75, 3.05) is 5.32 Å². The van der Waals surface area contributed by atoms with Crippen molar-refractivity contribution < 1.29 is 9.21 Å². The van der Waals surface area contributed by atoms with Crippen LogP contribution in [0.2, 0.25) is 0 Å². The predicted octanol–water partition coefficient (Wildman–Crippen LogP) is 4.84. The first-order valence-electron chi connectivity index (χ1n) is 7.08. The highest BCUT2D eigenvalue weighted by Gasteiger charge is 2.12. The molecule has 3 aromatic carbocycles. The van der Waals surface area contributed by atoms with E-state index in [2.05, 4.69) is 5.32 Å². The van der Waals surface area contributed by atoms with Gasteiger partial charge in [-0.25, -0.2) is 0 Å². The van der Waals surface area contributed by atoms with Crippen molar-refractivity contribution in [1.82, 2.24) is 0 Å². The molecule has 3 heteroatoms. The molecule has 1 aromatic heterocycles. The summed E-state index contributed by atoms with van der Waals surface area (Å²) in [5, 5.41) is 6.03. The summed E-state index contributed by atoms with van der Waals surface area (Å²) in [6, 6.07) is 23.2. The standard InChI is InChI=1S/C19H13NO2/c21-19(18-12-15-7-3-4-8-17(15)22-18)20-16-10-9-13-5-1-2-6-14(13)11-16/h1-12H,(H,20,21). The number of carbonyl (C=O) groups excluding carboxylic acids is 1. The molecule has 0 unspecified atom stereocenters. The largest absolute Gasteiger partial charge is 0.451 e. The Hall–Kier alpha value is -3.07. The Morgan fingerprint density at radius 2 is 1.50 bits per heavy atom. The van der Waals surface area contributed by atoms with Gasteiger partial charge in [-0.15, -0.1) is 0 Å². The van der Waals surface area contributed by atoms with E-state index in [-0.39, 0.29) is 5.91 Å². The van der Waals surface area contributed by atoms with E-state index in [1.54, 1.807) is 6.07 Å². The van der Waals surface area contributed by atoms with Gasteiger partial charge >= 0.3 is 0 Å². The third-order valence-corrected chi connectivity index (χ3v) is 3.66. The first-order valence-corrected chi connectivity index (χ1v) is 7.08. The molecule has 0 bridgehead atoms. The molecular weight excluding hydrogens is 274 g/mol. The fourth-order valence-corrected chi connectivity index (χ4v) is 2.55. The van der Waals surface area contributed by atoms with Gasteiger partial charge in [0.1, 0.15) is 5.58 Å². The van der Waals surface area contributed by atoms with E-state index in [4.69, 9.17) is 4.42 Å². The lowest BCUT2D eigenvalue weighted by molar-refractivity contribution is 0.0998. The molecule has 1 heterocycles. The smallest absolute Gasteiger partial charge is 0.291 e. The van der Waals surface area contributed by atoms with Crippen LogP contribution in [-0.2, 0) is 0 Å². The van der Waals surface area contributed by atoms with Crippen LogP contribution < -0.4 is 5.32 Å². The first kappa shape index (κ1) is 12.7. The molecule has 0 atom stereocenters. The summed E-state index contributed by atoms with van der Waals surface area (Å²) in [4.78, 5) is 12.3. The van der Waals surface area contributed by atoms with Gasteiger partial charge in [-0.1, -0.05) is 48.5 Å². The van der Waals surface area contributed by atoms with Crippen LogP contribution in [0.4, 0.5) is 5.69 Å². The van der Waals surface area contributed by atoms with Gasteiger partial charge in [0.2, 0.25) is 0 Å². The Morgan fingerprint density at radius 3 is 2.32 bits per heavy atom. The summed E-state index contributed by atoms with van der Waals surface area (Å²) < 4.78 is 5.58. The van der Waals surface area contributed by atoms with E-state index in [0.717, 1.165) is 21.8 Å². The molecule has 4 aromatic rings. The third kappa shape index (κ3) is 2.23. The Balaban J connectivity index is 1.64. The summed E-state index contributed by atoms with van der Waals surface area (Å²) >= 11 is 0. The van der Waals surface area contributed by atoms with Crippen molar-refractivity contribution in [2.45, 2.75) is 0 Å². The van der Waals surface area contributed by atoms with Crippen LogP contribution in [-0.4, -0.2) is 5.91 Å². The molecule has 1 N–H and O–H groups in total. The maximum absolute atomic E-state index is 12.3. The third-order valence-electron chi connectivity index (χ3n) is 3.66. The lowest BCUT2D eigenvalue weighted by Crippen LogP contribution is -2.10. The zero-order valence-corrected chi connectivity index (χ0v) is 11.7. The van der Waals surface area contributed by atoms with Gasteiger partial charge in [-0.2, -0.15) is 0 Å². The number of para-hydroxylation sites is 1. The Kier molecular flexibility index (Phi) is 2.90. The van der Waals surface area contributed by atoms with Crippen molar-refractivity contribution >= 4 is 33.3 Å². The molecule has 3 nitrogen and oxygen atoms in total. The Bertz CT molecular complexity index is 952. The summed E-state index contributed by atoms with van der Waals surface area (Å²) in [5.74, 6) is 0.0702. The van der Waals surface area contributed by atoms with Crippen LogP contribution in [0.15, 0.2) is 77.2 Å². The van der Waals surface area contributed by atoms with Crippen molar-refractivity contribution in [3.05, 3.63) is 78.6 Å². The number of carbonyl (C=O) groups is 1.